The highest BCUT2D eigenvalue weighted by molar-refractivity contribution is 8.69. The molecule has 0 radical (unpaired) electrons. The van der Waals surface area contributed by atoms with Gasteiger partial charge in [0.25, 0.3) is 5.69 Å². The van der Waals surface area contributed by atoms with Gasteiger partial charge in [-0.3, -0.25) is 4.79 Å². The largest absolute Gasteiger partial charge is 0.319 e. The summed E-state index contributed by atoms with van der Waals surface area (Å²) in [6, 6.07) is 0. The molecule has 0 unspecified atom stereocenters. The standard InChI is InChI=1S/C9H17O3PS2/c1-8(2)11-13(14,12-9(3)4)15-7-5-6-10/h5-9H,1-4H3/b7-5+. The molecule has 0 fully saturated rings. The maximum atomic E-state index is 10.1. The molecule has 0 rings (SSSR count). The predicted octanol–water partition coefficient (Wildman–Crippen LogP) is 3.51. The maximum absolute atomic E-state index is 10.1. The second kappa shape index (κ2) is 7.58. The lowest BCUT2D eigenvalue weighted by atomic mass is 10.5. The van der Waals surface area contributed by atoms with E-state index in [4.69, 9.17) is 20.9 Å². The molecular weight excluding hydrogens is 251 g/mol. The van der Waals surface area contributed by atoms with E-state index in [0.29, 0.717) is 6.29 Å². The first-order chi connectivity index (χ1) is 6.89. The Labute approximate surface area is 101 Å². The molecule has 88 valence electrons. The molecule has 0 atom stereocenters. The number of allylic oxidation sites excluding steroid dienone is 1. The first kappa shape index (κ1) is 15.3. The monoisotopic (exact) mass is 268 g/mol. The molecule has 3 nitrogen and oxygen atoms in total. The van der Waals surface area contributed by atoms with Gasteiger partial charge in [-0.05, 0) is 62.4 Å². The summed E-state index contributed by atoms with van der Waals surface area (Å²) < 4.78 is 11.2. The van der Waals surface area contributed by atoms with Crippen molar-refractivity contribution < 1.29 is 13.8 Å². The fraction of sp³-hybridized carbons (Fsp3) is 0.667. The van der Waals surface area contributed by atoms with Gasteiger partial charge in [-0.25, -0.2) is 0 Å². The second-order valence-electron chi connectivity index (χ2n) is 3.33. The van der Waals surface area contributed by atoms with Crippen molar-refractivity contribution in [2.75, 3.05) is 0 Å². The Morgan fingerprint density at radius 2 is 1.67 bits per heavy atom. The Kier molecular flexibility index (Phi) is 7.75. The molecule has 0 aromatic rings. The quantitative estimate of drug-likeness (QED) is 0.401. The van der Waals surface area contributed by atoms with Crippen molar-refractivity contribution in [3.8, 4) is 0 Å². The minimum atomic E-state index is -2.36. The van der Waals surface area contributed by atoms with Crippen LogP contribution in [-0.4, -0.2) is 18.5 Å². The summed E-state index contributed by atoms with van der Waals surface area (Å²) in [5.74, 6) is 0. The van der Waals surface area contributed by atoms with Gasteiger partial charge in [0.2, 0.25) is 0 Å². The van der Waals surface area contributed by atoms with Crippen molar-refractivity contribution in [1.82, 2.24) is 0 Å². The minimum Gasteiger partial charge on any atom is -0.319 e. The molecule has 0 N–H and O–H groups in total. The van der Waals surface area contributed by atoms with Crippen molar-refractivity contribution in [3.63, 3.8) is 0 Å². The van der Waals surface area contributed by atoms with Crippen LogP contribution < -0.4 is 0 Å². The summed E-state index contributed by atoms with van der Waals surface area (Å²) in [6.07, 6.45) is 2.13. The van der Waals surface area contributed by atoms with Crippen LogP contribution >= 0.6 is 17.1 Å². The molecule has 0 heterocycles. The number of aldehydes is 1. The summed E-state index contributed by atoms with van der Waals surface area (Å²) in [4.78, 5) is 10.1. The van der Waals surface area contributed by atoms with Gasteiger partial charge in [-0.1, -0.05) is 0 Å². The van der Waals surface area contributed by atoms with E-state index in [0.717, 1.165) is 0 Å². The summed E-state index contributed by atoms with van der Waals surface area (Å²) >= 11 is 6.60. The first-order valence-corrected chi connectivity index (χ1v) is 8.77. The summed E-state index contributed by atoms with van der Waals surface area (Å²) in [5, 5.41) is 1.62. The molecule has 0 spiro atoms. The molecular formula is C9H17O3PS2. The zero-order valence-corrected chi connectivity index (χ0v) is 11.9. The number of carbonyl (C=O) groups excluding carboxylic acids is 1. The number of rotatable bonds is 7. The summed E-state index contributed by atoms with van der Waals surface area (Å²) in [7, 11) is 0. The van der Waals surface area contributed by atoms with Gasteiger partial charge in [0.05, 0.1) is 12.2 Å². The zero-order valence-electron chi connectivity index (χ0n) is 9.38. The average Bonchev–Trinajstić information content (AvgIpc) is 2.00. The Morgan fingerprint density at radius 1 is 1.20 bits per heavy atom. The molecule has 0 bridgehead atoms. The van der Waals surface area contributed by atoms with Crippen LogP contribution in [0.2, 0.25) is 0 Å². The molecule has 0 aliphatic carbocycles. The van der Waals surface area contributed by atoms with Gasteiger partial charge < -0.3 is 9.05 Å². The van der Waals surface area contributed by atoms with Crippen LogP contribution in [-0.2, 0) is 25.6 Å². The van der Waals surface area contributed by atoms with Crippen LogP contribution in [0.5, 0.6) is 0 Å². The van der Waals surface area contributed by atoms with Crippen molar-refractivity contribution >= 4 is 35.2 Å². The highest BCUT2D eigenvalue weighted by Gasteiger charge is 2.21. The van der Waals surface area contributed by atoms with E-state index in [9.17, 15) is 4.79 Å². The van der Waals surface area contributed by atoms with Crippen molar-refractivity contribution in [1.29, 1.82) is 0 Å². The molecule has 0 aliphatic heterocycles. The van der Waals surface area contributed by atoms with Gasteiger partial charge in [0.15, 0.2) is 0 Å². The molecule has 0 aromatic carbocycles. The fourth-order valence-electron chi connectivity index (χ4n) is 0.733. The Morgan fingerprint density at radius 3 is 2.00 bits per heavy atom. The molecule has 15 heavy (non-hydrogen) atoms. The van der Waals surface area contributed by atoms with E-state index in [1.54, 1.807) is 5.41 Å². The smallest absolute Gasteiger partial charge is 0.252 e. The van der Waals surface area contributed by atoms with Crippen molar-refractivity contribution in [3.05, 3.63) is 11.5 Å². The third kappa shape index (κ3) is 8.17. The topological polar surface area (TPSA) is 35.5 Å². The van der Waals surface area contributed by atoms with Gasteiger partial charge in [0, 0.05) is 0 Å². The van der Waals surface area contributed by atoms with E-state index >= 15 is 0 Å². The molecule has 6 heteroatoms. The molecule has 0 aliphatic rings. The average molecular weight is 268 g/mol. The van der Waals surface area contributed by atoms with E-state index < -0.39 is 5.69 Å². The maximum Gasteiger partial charge on any atom is 0.252 e. The lowest BCUT2D eigenvalue weighted by Crippen LogP contribution is -2.05. The third-order valence-corrected chi connectivity index (χ3v) is 5.87. The number of carbonyl (C=O) groups is 1. The van der Waals surface area contributed by atoms with Crippen LogP contribution in [0.4, 0.5) is 0 Å². The Balaban J connectivity index is 4.47. The van der Waals surface area contributed by atoms with Gasteiger partial charge in [-0.2, -0.15) is 0 Å². The predicted molar refractivity (Wildman–Crippen MR) is 69.5 cm³/mol. The van der Waals surface area contributed by atoms with E-state index in [2.05, 4.69) is 0 Å². The van der Waals surface area contributed by atoms with Gasteiger partial charge in [-0.15, -0.1) is 0 Å². The normalized spacial score (nSPS) is 12.9. The van der Waals surface area contributed by atoms with E-state index in [1.165, 1.54) is 17.5 Å². The van der Waals surface area contributed by atoms with Crippen LogP contribution in [0.1, 0.15) is 27.7 Å². The molecule has 0 saturated heterocycles. The molecule has 0 aromatic heterocycles. The third-order valence-electron chi connectivity index (χ3n) is 1.03. The van der Waals surface area contributed by atoms with Gasteiger partial charge >= 0.3 is 0 Å². The van der Waals surface area contributed by atoms with E-state index in [1.807, 2.05) is 27.7 Å². The fourth-order valence-corrected chi connectivity index (χ4v) is 5.67. The lowest BCUT2D eigenvalue weighted by molar-refractivity contribution is -0.104. The summed E-state index contributed by atoms with van der Waals surface area (Å²) in [5.41, 5.74) is -2.36. The molecule has 0 saturated carbocycles. The summed E-state index contributed by atoms with van der Waals surface area (Å²) in [6.45, 7) is 7.65. The van der Waals surface area contributed by atoms with Crippen LogP contribution in [0.15, 0.2) is 11.5 Å². The van der Waals surface area contributed by atoms with Gasteiger partial charge in [0.1, 0.15) is 6.29 Å². The lowest BCUT2D eigenvalue weighted by Gasteiger charge is -2.24. The highest BCUT2D eigenvalue weighted by atomic mass is 32.9. The zero-order chi connectivity index (χ0) is 11.9. The van der Waals surface area contributed by atoms with E-state index in [-0.39, 0.29) is 12.2 Å². The minimum absolute atomic E-state index is 0.0201. The molecule has 0 amide bonds. The number of hydrogen-bond acceptors (Lipinski definition) is 5. The van der Waals surface area contributed by atoms with Crippen molar-refractivity contribution in [2.24, 2.45) is 0 Å². The van der Waals surface area contributed by atoms with Crippen LogP contribution in [0, 0.1) is 0 Å². The van der Waals surface area contributed by atoms with Crippen molar-refractivity contribution in [2.45, 2.75) is 39.9 Å². The first-order valence-electron chi connectivity index (χ1n) is 4.65. The second-order valence-corrected chi connectivity index (χ2v) is 9.33. The SMILES string of the molecule is CC(C)OP(=S)(OC(C)C)S/C=C/C=O. The Hall–Kier alpha value is 0.330. The Bertz CT molecular complexity index is 250. The highest BCUT2D eigenvalue weighted by Crippen LogP contribution is 2.62. The van der Waals surface area contributed by atoms with Crippen LogP contribution in [0.3, 0.4) is 0 Å². The number of hydrogen-bond donors (Lipinski definition) is 0. The van der Waals surface area contributed by atoms with Crippen LogP contribution in [0.25, 0.3) is 0 Å².